The van der Waals surface area contributed by atoms with E-state index in [1.807, 2.05) is 27.7 Å². The summed E-state index contributed by atoms with van der Waals surface area (Å²) in [4.78, 5) is 11.6. The first-order valence-corrected chi connectivity index (χ1v) is 5.47. The number of rotatable bonds is 3. The number of nitrogens with one attached hydrogen (secondary N) is 1. The highest BCUT2D eigenvalue weighted by Crippen LogP contribution is 2.12. The number of carbonyl (C=O) groups excluding carboxylic acids is 1. The fraction of sp³-hybridized carbons (Fsp3) is 0.917. The van der Waals surface area contributed by atoms with Crippen molar-refractivity contribution in [1.82, 2.24) is 5.32 Å². The van der Waals surface area contributed by atoms with Gasteiger partial charge in [0.05, 0.1) is 0 Å². The molecule has 0 aromatic heterocycles. The quantitative estimate of drug-likeness (QED) is 0.734. The van der Waals surface area contributed by atoms with E-state index in [0.29, 0.717) is 0 Å². The molecule has 15 heavy (non-hydrogen) atoms. The first-order chi connectivity index (χ1) is 6.51. The Morgan fingerprint density at radius 1 is 1.20 bits per heavy atom. The summed E-state index contributed by atoms with van der Waals surface area (Å²) in [5, 5.41) is 3.17. The van der Waals surface area contributed by atoms with Gasteiger partial charge in [0, 0.05) is 6.54 Å². The number of esters is 1. The minimum atomic E-state index is -0.408. The van der Waals surface area contributed by atoms with E-state index in [0.717, 1.165) is 6.54 Å². The average Bonchev–Trinajstić information content (AvgIpc) is 1.95. The monoisotopic (exact) mass is 215 g/mol. The van der Waals surface area contributed by atoms with Crippen LogP contribution in [0.1, 0.15) is 48.5 Å². The summed E-state index contributed by atoms with van der Waals surface area (Å²) in [6.07, 6.45) is 0. The molecule has 0 aliphatic carbocycles. The van der Waals surface area contributed by atoms with Crippen LogP contribution in [0.2, 0.25) is 0 Å². The molecule has 0 amide bonds. The lowest BCUT2D eigenvalue weighted by atomic mass is 9.96. The summed E-state index contributed by atoms with van der Waals surface area (Å²) in [6, 6.07) is -0.247. The SMILES string of the molecule is CC(NCC(C)(C)C)C(=O)OC(C)(C)C. The molecule has 0 radical (unpaired) electrons. The second-order valence-corrected chi connectivity index (χ2v) is 6.20. The van der Waals surface area contributed by atoms with Crippen molar-refractivity contribution in [3.8, 4) is 0 Å². The summed E-state index contributed by atoms with van der Waals surface area (Å²) < 4.78 is 5.26. The fourth-order valence-corrected chi connectivity index (χ4v) is 0.933. The van der Waals surface area contributed by atoms with Crippen molar-refractivity contribution in [1.29, 1.82) is 0 Å². The Hall–Kier alpha value is -0.570. The van der Waals surface area contributed by atoms with Crippen LogP contribution in [0, 0.1) is 5.41 Å². The van der Waals surface area contributed by atoms with Gasteiger partial charge in [-0.25, -0.2) is 0 Å². The molecule has 0 spiro atoms. The molecule has 0 aliphatic rings. The number of ether oxygens (including phenoxy) is 1. The standard InChI is InChI=1S/C12H25NO2/c1-9(13-8-11(2,3)4)10(14)15-12(5,6)7/h9,13H,8H2,1-7H3. The van der Waals surface area contributed by atoms with E-state index in [2.05, 4.69) is 26.1 Å². The Morgan fingerprint density at radius 2 is 1.67 bits per heavy atom. The lowest BCUT2D eigenvalue weighted by Gasteiger charge is -2.25. The summed E-state index contributed by atoms with van der Waals surface area (Å²) >= 11 is 0. The topological polar surface area (TPSA) is 38.3 Å². The van der Waals surface area contributed by atoms with Gasteiger partial charge in [0.15, 0.2) is 0 Å². The van der Waals surface area contributed by atoms with Gasteiger partial charge in [-0.2, -0.15) is 0 Å². The minimum Gasteiger partial charge on any atom is -0.459 e. The second kappa shape index (κ2) is 4.97. The third-order valence-corrected chi connectivity index (χ3v) is 1.70. The molecule has 1 unspecified atom stereocenters. The number of hydrogen-bond acceptors (Lipinski definition) is 3. The van der Waals surface area contributed by atoms with Crippen LogP contribution in [0.15, 0.2) is 0 Å². The lowest BCUT2D eigenvalue weighted by molar-refractivity contribution is -0.157. The zero-order chi connectivity index (χ0) is 12.3. The molecule has 3 heteroatoms. The molecule has 1 atom stereocenters. The van der Waals surface area contributed by atoms with Crippen LogP contribution in [-0.4, -0.2) is 24.2 Å². The molecule has 0 aromatic rings. The molecule has 0 bridgehead atoms. The van der Waals surface area contributed by atoms with Crippen LogP contribution in [0.4, 0.5) is 0 Å². The molecule has 0 saturated carbocycles. The highest BCUT2D eigenvalue weighted by atomic mass is 16.6. The zero-order valence-electron chi connectivity index (χ0n) is 11.1. The Labute approximate surface area is 93.6 Å². The van der Waals surface area contributed by atoms with Gasteiger partial charge in [-0.1, -0.05) is 20.8 Å². The Kier molecular flexibility index (Phi) is 4.78. The fourth-order valence-electron chi connectivity index (χ4n) is 0.933. The Morgan fingerprint density at radius 3 is 2.00 bits per heavy atom. The van der Waals surface area contributed by atoms with E-state index in [1.54, 1.807) is 0 Å². The van der Waals surface area contributed by atoms with Gasteiger partial charge in [0.25, 0.3) is 0 Å². The van der Waals surface area contributed by atoms with Gasteiger partial charge in [-0.05, 0) is 33.1 Å². The van der Waals surface area contributed by atoms with Crippen LogP contribution < -0.4 is 5.32 Å². The Bertz CT molecular complexity index is 211. The molecule has 0 saturated heterocycles. The smallest absolute Gasteiger partial charge is 0.323 e. The molecular weight excluding hydrogens is 190 g/mol. The summed E-state index contributed by atoms with van der Waals surface area (Å²) in [7, 11) is 0. The van der Waals surface area contributed by atoms with Crippen molar-refractivity contribution in [2.45, 2.75) is 60.1 Å². The van der Waals surface area contributed by atoms with Crippen molar-refractivity contribution >= 4 is 5.97 Å². The molecule has 0 aliphatic heterocycles. The van der Waals surface area contributed by atoms with Gasteiger partial charge in [0.2, 0.25) is 0 Å². The molecule has 0 heterocycles. The van der Waals surface area contributed by atoms with E-state index >= 15 is 0 Å². The predicted octanol–water partition coefficient (Wildman–Crippen LogP) is 2.35. The van der Waals surface area contributed by atoms with Gasteiger partial charge >= 0.3 is 5.97 Å². The van der Waals surface area contributed by atoms with Crippen molar-refractivity contribution in [3.63, 3.8) is 0 Å². The van der Waals surface area contributed by atoms with E-state index in [-0.39, 0.29) is 17.4 Å². The molecule has 3 nitrogen and oxygen atoms in total. The minimum absolute atomic E-state index is 0.177. The van der Waals surface area contributed by atoms with Gasteiger partial charge in [0.1, 0.15) is 11.6 Å². The average molecular weight is 215 g/mol. The maximum atomic E-state index is 11.6. The molecule has 0 aromatic carbocycles. The van der Waals surface area contributed by atoms with Crippen LogP contribution in [0.5, 0.6) is 0 Å². The third-order valence-electron chi connectivity index (χ3n) is 1.70. The molecular formula is C12H25NO2. The second-order valence-electron chi connectivity index (χ2n) is 6.20. The maximum absolute atomic E-state index is 11.6. The number of hydrogen-bond donors (Lipinski definition) is 1. The van der Waals surface area contributed by atoms with Gasteiger partial charge in [-0.3, -0.25) is 4.79 Å². The first-order valence-electron chi connectivity index (χ1n) is 5.47. The summed E-state index contributed by atoms with van der Waals surface area (Å²) in [6.45, 7) is 14.6. The van der Waals surface area contributed by atoms with E-state index in [1.165, 1.54) is 0 Å². The van der Waals surface area contributed by atoms with Gasteiger partial charge < -0.3 is 10.1 Å². The van der Waals surface area contributed by atoms with Crippen LogP contribution in [0.25, 0.3) is 0 Å². The predicted molar refractivity (Wildman–Crippen MR) is 62.8 cm³/mol. The zero-order valence-corrected chi connectivity index (χ0v) is 11.1. The normalized spacial score (nSPS) is 14.9. The molecule has 0 rings (SSSR count). The van der Waals surface area contributed by atoms with Crippen molar-refractivity contribution in [2.24, 2.45) is 5.41 Å². The van der Waals surface area contributed by atoms with Crippen LogP contribution in [0.3, 0.4) is 0 Å². The van der Waals surface area contributed by atoms with E-state index in [9.17, 15) is 4.79 Å². The van der Waals surface area contributed by atoms with Gasteiger partial charge in [-0.15, -0.1) is 0 Å². The molecule has 90 valence electrons. The van der Waals surface area contributed by atoms with E-state index in [4.69, 9.17) is 4.74 Å². The van der Waals surface area contributed by atoms with Crippen molar-refractivity contribution in [2.75, 3.05) is 6.54 Å². The van der Waals surface area contributed by atoms with Crippen LogP contribution >= 0.6 is 0 Å². The third kappa shape index (κ3) is 8.43. The lowest BCUT2D eigenvalue weighted by Crippen LogP contribution is -2.42. The maximum Gasteiger partial charge on any atom is 0.323 e. The summed E-state index contributed by atoms with van der Waals surface area (Å²) in [5.41, 5.74) is -0.231. The summed E-state index contributed by atoms with van der Waals surface area (Å²) in [5.74, 6) is -0.188. The van der Waals surface area contributed by atoms with Crippen LogP contribution in [-0.2, 0) is 9.53 Å². The first kappa shape index (κ1) is 14.4. The van der Waals surface area contributed by atoms with E-state index < -0.39 is 5.60 Å². The van der Waals surface area contributed by atoms with Crippen molar-refractivity contribution in [3.05, 3.63) is 0 Å². The highest BCUT2D eigenvalue weighted by molar-refractivity contribution is 5.75. The molecule has 1 N–H and O–H groups in total. The largest absolute Gasteiger partial charge is 0.459 e. The van der Waals surface area contributed by atoms with Crippen molar-refractivity contribution < 1.29 is 9.53 Å². The Balaban J connectivity index is 4.01. The highest BCUT2D eigenvalue weighted by Gasteiger charge is 2.22. The molecule has 0 fully saturated rings. The number of carbonyl (C=O) groups is 1.